The van der Waals surface area contributed by atoms with Gasteiger partial charge in [0, 0.05) is 24.3 Å². The Morgan fingerprint density at radius 2 is 1.65 bits per heavy atom. The predicted molar refractivity (Wildman–Crippen MR) is 135 cm³/mol. The summed E-state index contributed by atoms with van der Waals surface area (Å²) in [5, 5.41) is 11.8. The van der Waals surface area contributed by atoms with Crippen LogP contribution >= 0.6 is 0 Å². The molecule has 1 aliphatic heterocycles. The van der Waals surface area contributed by atoms with Crippen LogP contribution < -0.4 is 19.7 Å². The molecular weight excluding hydrogens is 428 g/mol. The number of ether oxygens (including phenoxy) is 2. The number of aromatic nitrogens is 2. The minimum Gasteiger partial charge on any atom is -0.494 e. The molecule has 1 fully saturated rings. The van der Waals surface area contributed by atoms with Crippen molar-refractivity contribution in [3.63, 3.8) is 0 Å². The first-order chi connectivity index (χ1) is 16.7. The number of anilines is 2. The van der Waals surface area contributed by atoms with E-state index < -0.39 is 0 Å². The SMILES string of the molecule is CCCOc1ccc(OCC(=O)Nc2cccc(-c3ccc(N4CCCCCC4)nn3)c2)cc1. The first kappa shape index (κ1) is 23.5. The van der Waals surface area contributed by atoms with Gasteiger partial charge in [0.25, 0.3) is 5.91 Å². The van der Waals surface area contributed by atoms with E-state index in [9.17, 15) is 4.79 Å². The zero-order valence-corrected chi connectivity index (χ0v) is 19.7. The highest BCUT2D eigenvalue weighted by atomic mass is 16.5. The van der Waals surface area contributed by atoms with Gasteiger partial charge < -0.3 is 19.7 Å². The molecular formula is C27H32N4O3. The van der Waals surface area contributed by atoms with Crippen LogP contribution in [0.5, 0.6) is 11.5 Å². The van der Waals surface area contributed by atoms with Crippen molar-refractivity contribution in [3.8, 4) is 22.8 Å². The second-order valence-electron chi connectivity index (χ2n) is 8.42. The lowest BCUT2D eigenvalue weighted by molar-refractivity contribution is -0.118. The van der Waals surface area contributed by atoms with E-state index in [1.54, 1.807) is 12.1 Å². The zero-order chi connectivity index (χ0) is 23.6. The van der Waals surface area contributed by atoms with Gasteiger partial charge in [0.2, 0.25) is 0 Å². The van der Waals surface area contributed by atoms with E-state index in [1.165, 1.54) is 25.7 Å². The van der Waals surface area contributed by atoms with E-state index in [0.29, 0.717) is 18.0 Å². The number of amides is 1. The maximum atomic E-state index is 12.4. The zero-order valence-electron chi connectivity index (χ0n) is 19.7. The van der Waals surface area contributed by atoms with Gasteiger partial charge in [-0.05, 0) is 67.8 Å². The number of benzene rings is 2. The Morgan fingerprint density at radius 1 is 0.912 bits per heavy atom. The molecule has 1 aromatic heterocycles. The van der Waals surface area contributed by atoms with Gasteiger partial charge in [-0.15, -0.1) is 10.2 Å². The number of hydrogen-bond donors (Lipinski definition) is 1. The van der Waals surface area contributed by atoms with E-state index in [0.717, 1.165) is 42.3 Å². The number of hydrogen-bond acceptors (Lipinski definition) is 6. The van der Waals surface area contributed by atoms with E-state index in [1.807, 2.05) is 48.5 Å². The van der Waals surface area contributed by atoms with Crippen molar-refractivity contribution in [1.29, 1.82) is 0 Å². The standard InChI is InChI=1S/C27H32N4O3/c1-2-18-33-23-10-12-24(13-11-23)34-20-27(32)28-22-9-7-8-21(19-22)25-14-15-26(30-29-25)31-16-5-3-4-6-17-31/h7-15,19H,2-6,16-18,20H2,1H3,(H,28,32). The molecule has 0 unspecified atom stereocenters. The molecule has 0 bridgehead atoms. The molecule has 178 valence electrons. The Balaban J connectivity index is 1.31. The van der Waals surface area contributed by atoms with E-state index in [-0.39, 0.29) is 12.5 Å². The topological polar surface area (TPSA) is 76.6 Å². The van der Waals surface area contributed by atoms with Crippen molar-refractivity contribution >= 4 is 17.4 Å². The molecule has 7 heteroatoms. The third-order valence-corrected chi connectivity index (χ3v) is 5.69. The van der Waals surface area contributed by atoms with Gasteiger partial charge in [0.1, 0.15) is 11.5 Å². The lowest BCUT2D eigenvalue weighted by Crippen LogP contribution is -2.25. The quantitative estimate of drug-likeness (QED) is 0.465. The Bertz CT molecular complexity index is 1050. The molecule has 34 heavy (non-hydrogen) atoms. The molecule has 4 rings (SSSR count). The van der Waals surface area contributed by atoms with Crippen LogP contribution in [-0.2, 0) is 4.79 Å². The van der Waals surface area contributed by atoms with E-state index >= 15 is 0 Å². The van der Waals surface area contributed by atoms with Crippen LogP contribution in [0.3, 0.4) is 0 Å². The Hall–Kier alpha value is -3.61. The van der Waals surface area contributed by atoms with Crippen LogP contribution in [0, 0.1) is 0 Å². The van der Waals surface area contributed by atoms with Crippen molar-refractivity contribution in [2.75, 3.05) is 36.5 Å². The van der Waals surface area contributed by atoms with Crippen LogP contribution in [0.4, 0.5) is 11.5 Å². The first-order valence-electron chi connectivity index (χ1n) is 12.1. The Kier molecular flexibility index (Phi) is 8.32. The van der Waals surface area contributed by atoms with Crippen molar-refractivity contribution in [2.24, 2.45) is 0 Å². The monoisotopic (exact) mass is 460 g/mol. The summed E-state index contributed by atoms with van der Waals surface area (Å²) < 4.78 is 11.2. The van der Waals surface area contributed by atoms with E-state index in [2.05, 4.69) is 27.3 Å². The highest BCUT2D eigenvalue weighted by molar-refractivity contribution is 5.92. The maximum Gasteiger partial charge on any atom is 0.262 e. The van der Waals surface area contributed by atoms with Crippen LogP contribution in [0.1, 0.15) is 39.0 Å². The van der Waals surface area contributed by atoms with Gasteiger partial charge in [-0.2, -0.15) is 0 Å². The summed E-state index contributed by atoms with van der Waals surface area (Å²) in [4.78, 5) is 14.7. The molecule has 0 aliphatic carbocycles. The fourth-order valence-corrected chi connectivity index (χ4v) is 3.90. The lowest BCUT2D eigenvalue weighted by atomic mass is 10.1. The minimum atomic E-state index is -0.231. The number of nitrogens with zero attached hydrogens (tertiary/aromatic N) is 3. The molecule has 0 saturated carbocycles. The molecule has 2 aromatic carbocycles. The molecule has 1 saturated heterocycles. The summed E-state index contributed by atoms with van der Waals surface area (Å²) >= 11 is 0. The number of carbonyl (C=O) groups is 1. The molecule has 1 N–H and O–H groups in total. The summed E-state index contributed by atoms with van der Waals surface area (Å²) in [5.41, 5.74) is 2.36. The second-order valence-corrected chi connectivity index (χ2v) is 8.42. The lowest BCUT2D eigenvalue weighted by Gasteiger charge is -2.20. The maximum absolute atomic E-state index is 12.4. The van der Waals surface area contributed by atoms with Crippen LogP contribution in [-0.4, -0.2) is 42.4 Å². The normalized spacial score (nSPS) is 13.7. The second kappa shape index (κ2) is 12.0. The van der Waals surface area contributed by atoms with Gasteiger partial charge in [0.05, 0.1) is 12.3 Å². The minimum absolute atomic E-state index is 0.0796. The fourth-order valence-electron chi connectivity index (χ4n) is 3.90. The molecule has 2 heterocycles. The fraction of sp³-hybridized carbons (Fsp3) is 0.370. The van der Waals surface area contributed by atoms with Crippen LogP contribution in [0.25, 0.3) is 11.3 Å². The summed E-state index contributed by atoms with van der Waals surface area (Å²) in [7, 11) is 0. The molecule has 1 amide bonds. The van der Waals surface area contributed by atoms with Crippen molar-refractivity contribution in [3.05, 3.63) is 60.7 Å². The third kappa shape index (κ3) is 6.70. The van der Waals surface area contributed by atoms with Crippen LogP contribution in [0.15, 0.2) is 60.7 Å². The highest BCUT2D eigenvalue weighted by Gasteiger charge is 2.12. The Labute approximate surface area is 201 Å². The van der Waals surface area contributed by atoms with Crippen LogP contribution in [0.2, 0.25) is 0 Å². The molecule has 1 aliphatic rings. The van der Waals surface area contributed by atoms with Gasteiger partial charge >= 0.3 is 0 Å². The Morgan fingerprint density at radius 3 is 2.32 bits per heavy atom. The van der Waals surface area contributed by atoms with Gasteiger partial charge in [-0.1, -0.05) is 31.9 Å². The highest BCUT2D eigenvalue weighted by Crippen LogP contribution is 2.23. The molecule has 3 aromatic rings. The molecule has 0 atom stereocenters. The van der Waals surface area contributed by atoms with Gasteiger partial charge in [-0.25, -0.2) is 0 Å². The van der Waals surface area contributed by atoms with Crippen molar-refractivity contribution in [2.45, 2.75) is 39.0 Å². The van der Waals surface area contributed by atoms with Gasteiger partial charge in [-0.3, -0.25) is 4.79 Å². The number of carbonyl (C=O) groups excluding carboxylic acids is 1. The van der Waals surface area contributed by atoms with Crippen molar-refractivity contribution in [1.82, 2.24) is 10.2 Å². The largest absolute Gasteiger partial charge is 0.494 e. The predicted octanol–water partition coefficient (Wildman–Crippen LogP) is 5.33. The molecule has 0 spiro atoms. The average molecular weight is 461 g/mol. The van der Waals surface area contributed by atoms with Gasteiger partial charge in [0.15, 0.2) is 12.4 Å². The molecule has 0 radical (unpaired) electrons. The molecule has 7 nitrogen and oxygen atoms in total. The summed E-state index contributed by atoms with van der Waals surface area (Å²) in [6.45, 7) is 4.73. The summed E-state index contributed by atoms with van der Waals surface area (Å²) in [5.74, 6) is 2.11. The first-order valence-corrected chi connectivity index (χ1v) is 12.1. The summed E-state index contributed by atoms with van der Waals surface area (Å²) in [6.07, 6.45) is 5.93. The van der Waals surface area contributed by atoms with E-state index in [4.69, 9.17) is 9.47 Å². The van der Waals surface area contributed by atoms with Crippen molar-refractivity contribution < 1.29 is 14.3 Å². The number of rotatable bonds is 9. The average Bonchev–Trinajstić information content (AvgIpc) is 3.17. The third-order valence-electron chi connectivity index (χ3n) is 5.69. The smallest absolute Gasteiger partial charge is 0.262 e. The number of nitrogens with one attached hydrogen (secondary N) is 1. The summed E-state index contributed by atoms with van der Waals surface area (Å²) in [6, 6.07) is 18.9.